The number of nitrogens with zero attached hydrogens (tertiary/aromatic N) is 2. The molecule has 104 valence electrons. The molecule has 0 saturated heterocycles. The minimum absolute atomic E-state index is 0.209. The number of sulfonamides is 1. The zero-order chi connectivity index (χ0) is 14.0. The molecule has 2 heterocycles. The summed E-state index contributed by atoms with van der Waals surface area (Å²) in [6.45, 7) is 2.34. The van der Waals surface area contributed by atoms with Crippen LogP contribution in [0.15, 0.2) is 23.4 Å². The summed E-state index contributed by atoms with van der Waals surface area (Å²) in [4.78, 5) is 3.13. The minimum Gasteiger partial charge on any atom is -0.363 e. The van der Waals surface area contributed by atoms with E-state index >= 15 is 0 Å². The molecule has 8 heteroatoms. The first kappa shape index (κ1) is 13.6. The van der Waals surface area contributed by atoms with Crippen LogP contribution < -0.4 is 10.0 Å². The van der Waals surface area contributed by atoms with Crippen LogP contribution in [0.5, 0.6) is 0 Å². The maximum absolute atomic E-state index is 12.2. The van der Waals surface area contributed by atoms with E-state index in [9.17, 15) is 8.42 Å². The molecule has 0 aromatic carbocycles. The van der Waals surface area contributed by atoms with Gasteiger partial charge in [0.25, 0.3) is 10.0 Å². The number of anilines is 1. The van der Waals surface area contributed by atoms with Crippen molar-refractivity contribution in [2.45, 2.75) is 18.4 Å². The van der Waals surface area contributed by atoms with Gasteiger partial charge in [-0.2, -0.15) is 5.10 Å². The first-order valence-corrected chi connectivity index (χ1v) is 7.25. The molecule has 0 unspecified atom stereocenters. The van der Waals surface area contributed by atoms with Crippen molar-refractivity contribution in [3.05, 3.63) is 29.8 Å². The van der Waals surface area contributed by atoms with E-state index in [1.165, 1.54) is 6.20 Å². The van der Waals surface area contributed by atoms with Gasteiger partial charge in [-0.25, -0.2) is 8.42 Å². The molecule has 2 aromatic heterocycles. The van der Waals surface area contributed by atoms with Crippen molar-refractivity contribution in [3.63, 3.8) is 0 Å². The summed E-state index contributed by atoms with van der Waals surface area (Å²) in [5.41, 5.74) is 1.93. The van der Waals surface area contributed by atoms with E-state index in [2.05, 4.69) is 20.1 Å². The number of rotatable bonds is 5. The summed E-state index contributed by atoms with van der Waals surface area (Å²) < 4.78 is 28.5. The van der Waals surface area contributed by atoms with Gasteiger partial charge in [-0.15, -0.1) is 0 Å². The van der Waals surface area contributed by atoms with Crippen LogP contribution in [-0.4, -0.2) is 30.2 Å². The van der Waals surface area contributed by atoms with Crippen LogP contribution in [-0.2, 0) is 23.6 Å². The third-order valence-corrected chi connectivity index (χ3v) is 4.00. The predicted octanol–water partition coefficient (Wildman–Crippen LogP) is 0.577. The zero-order valence-electron chi connectivity index (χ0n) is 11.1. The highest BCUT2D eigenvalue weighted by atomic mass is 32.2. The van der Waals surface area contributed by atoms with Crippen LogP contribution in [0.25, 0.3) is 0 Å². The third-order valence-electron chi connectivity index (χ3n) is 2.65. The lowest BCUT2D eigenvalue weighted by molar-refractivity contribution is 0.601. The van der Waals surface area contributed by atoms with Gasteiger partial charge in [-0.3, -0.25) is 9.40 Å². The Morgan fingerprint density at radius 1 is 1.47 bits per heavy atom. The number of nitrogens with one attached hydrogen (secondary N) is 3. The molecular weight excluding hydrogens is 266 g/mol. The van der Waals surface area contributed by atoms with E-state index in [0.29, 0.717) is 17.9 Å². The summed E-state index contributed by atoms with van der Waals surface area (Å²) in [7, 11) is -0.0423. The Balaban J connectivity index is 2.24. The fraction of sp³-hybridized carbons (Fsp3) is 0.364. The van der Waals surface area contributed by atoms with Crippen LogP contribution in [0.4, 0.5) is 5.69 Å². The summed E-state index contributed by atoms with van der Waals surface area (Å²) in [5, 5.41) is 7.05. The monoisotopic (exact) mass is 283 g/mol. The van der Waals surface area contributed by atoms with Gasteiger partial charge >= 0.3 is 0 Å². The van der Waals surface area contributed by atoms with E-state index in [0.717, 1.165) is 5.69 Å². The fourth-order valence-electron chi connectivity index (χ4n) is 1.77. The molecule has 0 radical (unpaired) electrons. The Kier molecular flexibility index (Phi) is 3.63. The van der Waals surface area contributed by atoms with Crippen molar-refractivity contribution in [1.82, 2.24) is 20.1 Å². The van der Waals surface area contributed by atoms with Gasteiger partial charge in [0, 0.05) is 31.7 Å². The molecule has 3 N–H and O–H groups in total. The maximum atomic E-state index is 12.2. The zero-order valence-corrected chi connectivity index (χ0v) is 11.9. The van der Waals surface area contributed by atoms with Gasteiger partial charge in [-0.1, -0.05) is 0 Å². The smallest absolute Gasteiger partial charge is 0.263 e. The highest BCUT2D eigenvalue weighted by molar-refractivity contribution is 7.92. The molecule has 0 bridgehead atoms. The number of aromatic nitrogens is 3. The van der Waals surface area contributed by atoms with E-state index in [4.69, 9.17) is 0 Å². The Morgan fingerprint density at radius 3 is 2.79 bits per heavy atom. The summed E-state index contributed by atoms with van der Waals surface area (Å²) in [5.74, 6) is 0. The van der Waals surface area contributed by atoms with Crippen LogP contribution in [0, 0.1) is 6.92 Å². The predicted molar refractivity (Wildman–Crippen MR) is 72.3 cm³/mol. The average Bonchev–Trinajstić information content (AvgIpc) is 2.87. The van der Waals surface area contributed by atoms with Gasteiger partial charge in [0.05, 0.1) is 11.4 Å². The maximum Gasteiger partial charge on any atom is 0.263 e. The first-order valence-electron chi connectivity index (χ1n) is 5.77. The third kappa shape index (κ3) is 2.96. The molecule has 0 spiro atoms. The van der Waals surface area contributed by atoms with Gasteiger partial charge < -0.3 is 10.3 Å². The molecule has 0 aliphatic rings. The topological polar surface area (TPSA) is 91.8 Å². The molecule has 0 aliphatic carbocycles. The molecular formula is C11H17N5O2S. The number of aromatic amines is 1. The molecule has 0 fully saturated rings. The largest absolute Gasteiger partial charge is 0.363 e. The van der Waals surface area contributed by atoms with Gasteiger partial charge in [0.15, 0.2) is 0 Å². The SMILES string of the molecule is CNCc1cc(S(=O)(=O)Nc2cn(C)nc2C)c[nH]1. The summed E-state index contributed by atoms with van der Waals surface area (Å²) >= 11 is 0. The highest BCUT2D eigenvalue weighted by Gasteiger charge is 2.18. The van der Waals surface area contributed by atoms with Crippen molar-refractivity contribution in [2.75, 3.05) is 11.8 Å². The molecule has 0 atom stereocenters. The number of aryl methyl sites for hydroxylation is 2. The Morgan fingerprint density at radius 2 is 2.21 bits per heavy atom. The van der Waals surface area contributed by atoms with Crippen LogP contribution >= 0.6 is 0 Å². The van der Waals surface area contributed by atoms with E-state index in [1.807, 2.05) is 0 Å². The van der Waals surface area contributed by atoms with E-state index < -0.39 is 10.0 Å². The van der Waals surface area contributed by atoms with Crippen molar-refractivity contribution < 1.29 is 8.42 Å². The molecule has 0 aliphatic heterocycles. The number of hydrogen-bond donors (Lipinski definition) is 3. The molecule has 7 nitrogen and oxygen atoms in total. The lowest BCUT2D eigenvalue weighted by Crippen LogP contribution is -2.12. The lowest BCUT2D eigenvalue weighted by atomic mass is 10.4. The minimum atomic E-state index is -3.58. The lowest BCUT2D eigenvalue weighted by Gasteiger charge is -2.04. The van der Waals surface area contributed by atoms with Crippen LogP contribution in [0.1, 0.15) is 11.4 Å². The normalized spacial score (nSPS) is 11.7. The molecule has 2 aromatic rings. The van der Waals surface area contributed by atoms with Crippen molar-refractivity contribution in [1.29, 1.82) is 0 Å². The molecule has 2 rings (SSSR count). The molecule has 0 amide bonds. The molecule has 19 heavy (non-hydrogen) atoms. The Labute approximate surface area is 112 Å². The van der Waals surface area contributed by atoms with Crippen LogP contribution in [0.3, 0.4) is 0 Å². The van der Waals surface area contributed by atoms with Crippen molar-refractivity contribution >= 4 is 15.7 Å². The summed E-state index contributed by atoms with van der Waals surface area (Å²) in [6.07, 6.45) is 3.11. The highest BCUT2D eigenvalue weighted by Crippen LogP contribution is 2.18. The van der Waals surface area contributed by atoms with Crippen molar-refractivity contribution in [3.8, 4) is 0 Å². The van der Waals surface area contributed by atoms with Crippen molar-refractivity contribution in [2.24, 2.45) is 7.05 Å². The molecule has 0 saturated carbocycles. The fourth-order valence-corrected chi connectivity index (χ4v) is 2.89. The second-order valence-electron chi connectivity index (χ2n) is 4.30. The second kappa shape index (κ2) is 5.06. The Bertz CT molecular complexity index is 671. The summed E-state index contributed by atoms with van der Waals surface area (Å²) in [6, 6.07) is 1.60. The van der Waals surface area contributed by atoms with Crippen LogP contribution in [0.2, 0.25) is 0 Å². The number of H-pyrrole nitrogens is 1. The quantitative estimate of drug-likeness (QED) is 0.748. The van der Waals surface area contributed by atoms with E-state index in [-0.39, 0.29) is 4.90 Å². The average molecular weight is 283 g/mol. The van der Waals surface area contributed by atoms with E-state index in [1.54, 1.807) is 38.0 Å². The van der Waals surface area contributed by atoms with Gasteiger partial charge in [-0.05, 0) is 20.0 Å². The number of hydrogen-bond acceptors (Lipinski definition) is 4. The van der Waals surface area contributed by atoms with Gasteiger partial charge in [0.1, 0.15) is 4.90 Å². The standard InChI is InChI=1S/C11H17N5O2S/c1-8-11(7-16(3)14-8)15-19(17,18)10-4-9(5-12-2)13-6-10/h4,6-7,12-13,15H,5H2,1-3H3. The van der Waals surface area contributed by atoms with Gasteiger partial charge in [0.2, 0.25) is 0 Å². The second-order valence-corrected chi connectivity index (χ2v) is 5.98. The Hall–Kier alpha value is -1.80. The first-order chi connectivity index (χ1) is 8.92.